The van der Waals surface area contributed by atoms with Crippen molar-refractivity contribution in [3.8, 4) is 80.1 Å². The first-order chi connectivity index (χ1) is 36.4. The average Bonchev–Trinajstić information content (AvgIpc) is 3.63. The summed E-state index contributed by atoms with van der Waals surface area (Å²) in [6, 6.07) is 2.08. The first-order valence-corrected chi connectivity index (χ1v) is 22.5. The number of aliphatic hydroxyl groups is 7. The van der Waals surface area contributed by atoms with Crippen LogP contribution in [0.2, 0.25) is 0 Å². The second-order valence-corrected chi connectivity index (χ2v) is 19.1. The van der Waals surface area contributed by atoms with Crippen LogP contribution in [0, 0.1) is 5.41 Å². The second-order valence-electron chi connectivity index (χ2n) is 19.1. The van der Waals surface area contributed by atoms with Gasteiger partial charge in [0.25, 0.3) is 17.4 Å². The van der Waals surface area contributed by atoms with Gasteiger partial charge in [-0.05, 0) is 30.3 Å². The Labute approximate surface area is 429 Å². The molecule has 4 aromatic carbocycles. The molecule has 0 aromatic heterocycles. The summed E-state index contributed by atoms with van der Waals surface area (Å²) in [5.41, 5.74) is -11.5. The number of carbonyl (C=O) groups is 5. The van der Waals surface area contributed by atoms with Gasteiger partial charge in [-0.3, -0.25) is 4.79 Å². The lowest BCUT2D eigenvalue weighted by Crippen LogP contribution is -2.86. The van der Waals surface area contributed by atoms with Crippen molar-refractivity contribution in [2.24, 2.45) is 5.41 Å². The molecule has 12 atom stereocenters. The summed E-state index contributed by atoms with van der Waals surface area (Å²) in [7, 11) is 0. The summed E-state index contributed by atoms with van der Waals surface area (Å²) in [5, 5.41) is 201. The lowest BCUT2D eigenvalue weighted by Gasteiger charge is -2.63. The molecule has 32 nitrogen and oxygen atoms in total. The minimum atomic E-state index is -4.63. The third-order valence-electron chi connectivity index (χ3n) is 14.7. The molecule has 6 heterocycles. The molecule has 0 amide bonds. The Balaban J connectivity index is 1.19. The normalized spacial score (nSPS) is 32.9. The molecular formula is C46H38O32. The predicted octanol–water partition coefficient (Wildman–Crippen LogP) is -3.69. The predicted molar refractivity (Wildman–Crippen MR) is 231 cm³/mol. The number of hydrogen-bond donors (Lipinski definition) is 18. The van der Waals surface area contributed by atoms with Gasteiger partial charge in [-0.2, -0.15) is 0 Å². The molecule has 1 saturated carbocycles. The molecule has 18 N–H and O–H groups in total. The molecule has 414 valence electrons. The summed E-state index contributed by atoms with van der Waals surface area (Å²) in [5.74, 6) is -45.3. The molecule has 0 radical (unpaired) electrons. The highest BCUT2D eigenvalue weighted by molar-refractivity contribution is 6.08. The molecular weight excluding hydrogens is 1060 g/mol. The number of aliphatic hydroxyl groups excluding tert-OH is 1. The van der Waals surface area contributed by atoms with Gasteiger partial charge in [0.2, 0.25) is 29.6 Å². The zero-order chi connectivity index (χ0) is 56.6. The maximum Gasteiger partial charge on any atom is 0.340 e. The molecule has 4 aromatic rings. The van der Waals surface area contributed by atoms with Crippen molar-refractivity contribution in [3.05, 3.63) is 58.1 Å². The van der Waals surface area contributed by atoms with Gasteiger partial charge in [-0.1, -0.05) is 0 Å². The monoisotopic (exact) mass is 1100 g/mol. The number of cyclic esters (lactones) is 1. The third-order valence-corrected chi connectivity index (χ3v) is 14.7. The molecule has 7 aliphatic rings. The SMILES string of the molecule is O=C(O[C@@H]1O[C@@H]2COC(=O)c3cc(O)c(O)c(O)c3-c3c(cc(O)c(O)c3O)C(=O)O[C@@H]3[C@H]1OC(=O)c1cc(O)c(O)c4c1C1C5(C[C@]6(O)OC[C@@H](O)C6OC5C(O)(O)C(O)(O)[C@]1(O)O4)C(=O)O[C@@H]32)c1cc(O)c(O)c(O)c1. The van der Waals surface area contributed by atoms with E-state index in [-0.39, 0.29) is 0 Å². The Morgan fingerprint density at radius 3 is 1.74 bits per heavy atom. The van der Waals surface area contributed by atoms with Gasteiger partial charge in [0.1, 0.15) is 36.4 Å². The maximum absolute atomic E-state index is 15.9. The molecule has 6 aliphatic heterocycles. The lowest BCUT2D eigenvalue weighted by molar-refractivity contribution is -0.508. The van der Waals surface area contributed by atoms with Crippen molar-refractivity contribution >= 4 is 29.8 Å². The highest BCUT2D eigenvalue weighted by atomic mass is 16.8. The van der Waals surface area contributed by atoms with E-state index in [0.717, 1.165) is 0 Å². The second kappa shape index (κ2) is 16.5. The Bertz CT molecular complexity index is 3350. The van der Waals surface area contributed by atoms with Gasteiger partial charge in [0.05, 0.1) is 34.8 Å². The van der Waals surface area contributed by atoms with Crippen molar-refractivity contribution in [3.63, 3.8) is 0 Å². The summed E-state index contributed by atoms with van der Waals surface area (Å²) < 4.78 is 51.2. The number of rotatable bonds is 2. The Hall–Kier alpha value is -8.57. The first kappa shape index (κ1) is 51.5. The van der Waals surface area contributed by atoms with E-state index < -0.39 is 241 Å². The molecule has 78 heavy (non-hydrogen) atoms. The van der Waals surface area contributed by atoms with E-state index in [1.54, 1.807) is 0 Å². The van der Waals surface area contributed by atoms with Crippen LogP contribution in [-0.2, 0) is 42.7 Å². The van der Waals surface area contributed by atoms with E-state index in [0.29, 0.717) is 30.3 Å². The fourth-order valence-corrected chi connectivity index (χ4v) is 11.1. The van der Waals surface area contributed by atoms with Crippen LogP contribution in [0.4, 0.5) is 0 Å². The van der Waals surface area contributed by atoms with Gasteiger partial charge in [0, 0.05) is 23.1 Å². The van der Waals surface area contributed by atoms with E-state index in [4.69, 9.17) is 42.6 Å². The van der Waals surface area contributed by atoms with Crippen LogP contribution in [0.1, 0.15) is 59.3 Å². The van der Waals surface area contributed by atoms with E-state index in [2.05, 4.69) is 0 Å². The number of ether oxygens (including phenoxy) is 9. The lowest BCUT2D eigenvalue weighted by atomic mass is 9.52. The standard InChI is InChI=1S/C46H38O32/c47-13-1-9(2-14(48)23(13)53)35(59)77-39-32-31-29(19(72-39)7-70-36(60)10-3-15(49)24(54)27(57)20(10)21-11(37(61)73-31)4-16(50)25(55)28(21)58)75-41(63)42-8-43(64)34(18(52)6-71-43)76-40(42)44(65,66)46(68,69)45(67)33(42)22-12(38(62)74-32)5-17(51)26(56)30(22)78-45/h1-5,18-19,29,31-34,39-40,47-58,64-69H,6-8H2/t18-,19-,29-,31+,32-,33?,34?,39+,40?,42?,43+,45-/m1/s1. The number of carbonyl (C=O) groups excluding carboxylic acids is 5. The fourth-order valence-electron chi connectivity index (χ4n) is 11.1. The van der Waals surface area contributed by atoms with Gasteiger partial charge in [-0.25, -0.2) is 19.2 Å². The minimum Gasteiger partial charge on any atom is -0.504 e. The number of aromatic hydroxyl groups is 11. The van der Waals surface area contributed by atoms with Crippen LogP contribution in [-0.4, -0.2) is 207 Å². The molecule has 4 fully saturated rings. The van der Waals surface area contributed by atoms with Crippen LogP contribution in [0.25, 0.3) is 11.1 Å². The molecule has 11 rings (SSSR count). The van der Waals surface area contributed by atoms with Crippen molar-refractivity contribution in [2.45, 2.75) is 84.5 Å². The van der Waals surface area contributed by atoms with Gasteiger partial charge < -0.3 is 135 Å². The highest BCUT2D eigenvalue weighted by Gasteiger charge is 2.88. The number of phenolic OH excluding ortho intramolecular Hbond substituents is 11. The summed E-state index contributed by atoms with van der Waals surface area (Å²) >= 11 is 0. The van der Waals surface area contributed by atoms with Crippen molar-refractivity contribution in [2.75, 3.05) is 13.2 Å². The van der Waals surface area contributed by atoms with Gasteiger partial charge in [0.15, 0.2) is 69.7 Å². The molecule has 1 aliphatic carbocycles. The largest absolute Gasteiger partial charge is 0.504 e. The van der Waals surface area contributed by atoms with Crippen molar-refractivity contribution in [1.29, 1.82) is 0 Å². The first-order valence-electron chi connectivity index (χ1n) is 22.5. The number of esters is 5. The van der Waals surface area contributed by atoms with Gasteiger partial charge >= 0.3 is 29.8 Å². The van der Waals surface area contributed by atoms with E-state index >= 15 is 9.59 Å². The van der Waals surface area contributed by atoms with Crippen LogP contribution in [0.15, 0.2) is 30.3 Å². The van der Waals surface area contributed by atoms with E-state index in [1.807, 2.05) is 0 Å². The number of hydrogen-bond acceptors (Lipinski definition) is 32. The van der Waals surface area contributed by atoms with E-state index in [1.165, 1.54) is 0 Å². The third kappa shape index (κ3) is 6.66. The molecule has 4 unspecified atom stereocenters. The van der Waals surface area contributed by atoms with Gasteiger partial charge in [-0.15, -0.1) is 0 Å². The average molecular weight is 1100 g/mol. The highest BCUT2D eigenvalue weighted by Crippen LogP contribution is 2.71. The van der Waals surface area contributed by atoms with Crippen molar-refractivity contribution in [1.82, 2.24) is 0 Å². The zero-order valence-corrected chi connectivity index (χ0v) is 38.5. The summed E-state index contributed by atoms with van der Waals surface area (Å²) in [4.78, 5) is 74.3. The summed E-state index contributed by atoms with van der Waals surface area (Å²) in [6.07, 6.45) is -22.2. The number of phenols is 11. The minimum absolute atomic E-state index is 0.311. The molecule has 4 bridgehead atoms. The zero-order valence-electron chi connectivity index (χ0n) is 38.5. The topological polar surface area (TPSA) is 533 Å². The smallest absolute Gasteiger partial charge is 0.340 e. The molecule has 1 spiro atoms. The Morgan fingerprint density at radius 2 is 1.13 bits per heavy atom. The van der Waals surface area contributed by atoms with Crippen LogP contribution in [0.5, 0.6) is 69.0 Å². The quantitative estimate of drug-likeness (QED) is 0.0398. The maximum atomic E-state index is 15.9. The van der Waals surface area contributed by atoms with Crippen LogP contribution in [0.3, 0.4) is 0 Å². The Morgan fingerprint density at radius 1 is 0.590 bits per heavy atom. The number of fused-ring (bicyclic) bond motifs is 4. The molecule has 3 saturated heterocycles. The van der Waals surface area contributed by atoms with Crippen LogP contribution < -0.4 is 4.74 Å². The van der Waals surface area contributed by atoms with E-state index in [9.17, 15) is 106 Å². The van der Waals surface area contributed by atoms with Crippen molar-refractivity contribution < 1.29 is 159 Å². The Kier molecular flexibility index (Phi) is 10.9. The fraction of sp³-hybridized carbons (Fsp3) is 0.370. The number of benzene rings is 4. The van der Waals surface area contributed by atoms with Crippen LogP contribution >= 0.6 is 0 Å². The summed E-state index contributed by atoms with van der Waals surface area (Å²) in [6.45, 7) is -2.34. The molecule has 32 heteroatoms.